The maximum Gasteiger partial charge on any atom is 0.0416 e. The zero-order chi connectivity index (χ0) is 12.6. The SMILES string of the molecule is CC1=C[C@@H](C)[C@@]2(CC1)C[C@H](C)[C@@H](C)CN=C2C. The summed E-state index contributed by atoms with van der Waals surface area (Å²) in [5.41, 5.74) is 3.36. The zero-order valence-corrected chi connectivity index (χ0v) is 12.1. The van der Waals surface area contributed by atoms with Crippen LogP contribution in [0.3, 0.4) is 0 Å². The molecule has 0 saturated heterocycles. The van der Waals surface area contributed by atoms with E-state index in [2.05, 4.69) is 40.7 Å². The number of rotatable bonds is 0. The van der Waals surface area contributed by atoms with Gasteiger partial charge in [-0.1, -0.05) is 32.4 Å². The van der Waals surface area contributed by atoms with Crippen molar-refractivity contribution in [1.29, 1.82) is 0 Å². The van der Waals surface area contributed by atoms with Crippen molar-refractivity contribution in [3.63, 3.8) is 0 Å². The van der Waals surface area contributed by atoms with Gasteiger partial charge in [0.1, 0.15) is 0 Å². The van der Waals surface area contributed by atoms with E-state index < -0.39 is 0 Å². The maximum absolute atomic E-state index is 4.89. The van der Waals surface area contributed by atoms with Gasteiger partial charge >= 0.3 is 0 Å². The third-order valence-electron chi connectivity index (χ3n) is 5.37. The molecule has 4 atom stereocenters. The van der Waals surface area contributed by atoms with Crippen molar-refractivity contribution < 1.29 is 0 Å². The Kier molecular flexibility index (Phi) is 3.47. The average molecular weight is 233 g/mol. The first-order valence-corrected chi connectivity index (χ1v) is 7.14. The van der Waals surface area contributed by atoms with Crippen LogP contribution in [0, 0.1) is 23.2 Å². The summed E-state index contributed by atoms with van der Waals surface area (Å²) in [5, 5.41) is 0. The summed E-state index contributed by atoms with van der Waals surface area (Å²) < 4.78 is 0. The van der Waals surface area contributed by atoms with Gasteiger partial charge in [0.2, 0.25) is 0 Å². The Bertz CT molecular complexity index is 353. The van der Waals surface area contributed by atoms with Gasteiger partial charge in [0.15, 0.2) is 0 Å². The number of hydrogen-bond donors (Lipinski definition) is 0. The largest absolute Gasteiger partial charge is 0.294 e. The molecule has 17 heavy (non-hydrogen) atoms. The normalized spacial score (nSPS) is 43.0. The van der Waals surface area contributed by atoms with E-state index >= 15 is 0 Å². The molecule has 0 saturated carbocycles. The van der Waals surface area contributed by atoms with Gasteiger partial charge in [-0.25, -0.2) is 0 Å². The van der Waals surface area contributed by atoms with Crippen LogP contribution in [0.2, 0.25) is 0 Å². The van der Waals surface area contributed by atoms with Crippen molar-refractivity contribution in [1.82, 2.24) is 0 Å². The summed E-state index contributed by atoms with van der Waals surface area (Å²) in [6, 6.07) is 0. The van der Waals surface area contributed by atoms with Crippen LogP contribution < -0.4 is 0 Å². The minimum atomic E-state index is 0.365. The molecule has 0 aromatic carbocycles. The predicted molar refractivity (Wildman–Crippen MR) is 75.5 cm³/mol. The third-order valence-corrected chi connectivity index (χ3v) is 5.37. The van der Waals surface area contributed by atoms with Crippen molar-refractivity contribution in [2.24, 2.45) is 28.2 Å². The second kappa shape index (κ2) is 4.59. The predicted octanol–water partition coefficient (Wildman–Crippen LogP) is 4.49. The van der Waals surface area contributed by atoms with Crippen molar-refractivity contribution in [3.05, 3.63) is 11.6 Å². The molecule has 0 aromatic heterocycles. The van der Waals surface area contributed by atoms with Crippen LogP contribution in [0.5, 0.6) is 0 Å². The summed E-state index contributed by atoms with van der Waals surface area (Å²) in [6.07, 6.45) is 6.39. The lowest BCUT2D eigenvalue weighted by atomic mass is 9.61. The van der Waals surface area contributed by atoms with Gasteiger partial charge in [-0.05, 0) is 50.9 Å². The molecule has 0 bridgehead atoms. The van der Waals surface area contributed by atoms with Crippen LogP contribution in [0.4, 0.5) is 0 Å². The second-order valence-corrected chi connectivity index (χ2v) is 6.54. The van der Waals surface area contributed by atoms with E-state index in [1.54, 1.807) is 5.57 Å². The highest BCUT2D eigenvalue weighted by Crippen LogP contribution is 2.48. The van der Waals surface area contributed by atoms with Gasteiger partial charge in [0, 0.05) is 17.7 Å². The van der Waals surface area contributed by atoms with Crippen LogP contribution in [-0.4, -0.2) is 12.3 Å². The molecule has 1 heteroatoms. The fourth-order valence-corrected chi connectivity index (χ4v) is 3.66. The first-order valence-electron chi connectivity index (χ1n) is 7.14. The van der Waals surface area contributed by atoms with E-state index in [1.807, 2.05) is 0 Å². The molecular weight excluding hydrogens is 206 g/mol. The molecule has 0 unspecified atom stereocenters. The van der Waals surface area contributed by atoms with Gasteiger partial charge in [-0.2, -0.15) is 0 Å². The smallest absolute Gasteiger partial charge is 0.0416 e. The average Bonchev–Trinajstić information content (AvgIpc) is 2.38. The molecule has 0 amide bonds. The molecule has 2 rings (SSSR count). The minimum absolute atomic E-state index is 0.365. The van der Waals surface area contributed by atoms with Gasteiger partial charge in [-0.15, -0.1) is 0 Å². The molecule has 96 valence electrons. The second-order valence-electron chi connectivity index (χ2n) is 6.54. The number of nitrogens with zero attached hydrogens (tertiary/aromatic N) is 1. The number of hydrogen-bond acceptors (Lipinski definition) is 1. The summed E-state index contributed by atoms with van der Waals surface area (Å²) >= 11 is 0. The molecule has 1 heterocycles. The lowest BCUT2D eigenvalue weighted by Crippen LogP contribution is -2.38. The first-order chi connectivity index (χ1) is 7.95. The maximum atomic E-state index is 4.89. The quantitative estimate of drug-likeness (QED) is 0.547. The molecule has 1 aliphatic carbocycles. The number of aliphatic imine (C=N–C) groups is 1. The van der Waals surface area contributed by atoms with Crippen LogP contribution in [0.1, 0.15) is 53.9 Å². The van der Waals surface area contributed by atoms with E-state index in [1.165, 1.54) is 25.0 Å². The van der Waals surface area contributed by atoms with Crippen molar-refractivity contribution >= 4 is 5.71 Å². The Morgan fingerprint density at radius 2 is 1.88 bits per heavy atom. The Labute approximate surface area is 106 Å². The zero-order valence-electron chi connectivity index (χ0n) is 12.1. The van der Waals surface area contributed by atoms with Gasteiger partial charge < -0.3 is 0 Å². The first kappa shape index (κ1) is 12.9. The Balaban J connectivity index is 2.35. The summed E-state index contributed by atoms with van der Waals surface area (Å²) in [5.74, 6) is 2.20. The topological polar surface area (TPSA) is 12.4 Å². The Morgan fingerprint density at radius 1 is 1.18 bits per heavy atom. The van der Waals surface area contributed by atoms with Crippen molar-refractivity contribution in [2.45, 2.75) is 53.9 Å². The van der Waals surface area contributed by atoms with Crippen molar-refractivity contribution in [2.75, 3.05) is 6.54 Å². The standard InChI is InChI=1S/C16H27N/c1-11-6-7-16(14(4)8-11)9-12(2)13(3)10-17-15(16)5/h8,12-14H,6-7,9-10H2,1-5H3/t12-,13-,14+,16+/m0/s1. The highest BCUT2D eigenvalue weighted by Gasteiger charge is 2.42. The molecule has 0 radical (unpaired) electrons. The molecule has 0 N–H and O–H groups in total. The van der Waals surface area contributed by atoms with Crippen LogP contribution in [0.25, 0.3) is 0 Å². The van der Waals surface area contributed by atoms with E-state index in [0.29, 0.717) is 11.3 Å². The van der Waals surface area contributed by atoms with E-state index in [9.17, 15) is 0 Å². The van der Waals surface area contributed by atoms with Crippen LogP contribution >= 0.6 is 0 Å². The van der Waals surface area contributed by atoms with Gasteiger partial charge in [0.25, 0.3) is 0 Å². The summed E-state index contributed by atoms with van der Waals surface area (Å²) in [4.78, 5) is 4.89. The minimum Gasteiger partial charge on any atom is -0.294 e. The fraction of sp³-hybridized carbons (Fsp3) is 0.812. The van der Waals surface area contributed by atoms with E-state index in [4.69, 9.17) is 4.99 Å². The van der Waals surface area contributed by atoms with Gasteiger partial charge in [0.05, 0.1) is 0 Å². The van der Waals surface area contributed by atoms with E-state index in [0.717, 1.165) is 18.4 Å². The summed E-state index contributed by atoms with van der Waals surface area (Å²) in [6.45, 7) is 12.7. The highest BCUT2D eigenvalue weighted by atomic mass is 14.8. The molecule has 0 fully saturated rings. The van der Waals surface area contributed by atoms with E-state index in [-0.39, 0.29) is 0 Å². The van der Waals surface area contributed by atoms with Crippen molar-refractivity contribution in [3.8, 4) is 0 Å². The van der Waals surface area contributed by atoms with Crippen LogP contribution in [0.15, 0.2) is 16.6 Å². The molecule has 2 aliphatic rings. The fourth-order valence-electron chi connectivity index (χ4n) is 3.66. The lowest BCUT2D eigenvalue weighted by Gasteiger charge is -2.42. The number of allylic oxidation sites excluding steroid dienone is 2. The Morgan fingerprint density at radius 3 is 2.53 bits per heavy atom. The Hall–Kier alpha value is -0.590. The molecule has 1 nitrogen and oxygen atoms in total. The molecule has 1 spiro atoms. The lowest BCUT2D eigenvalue weighted by molar-refractivity contribution is 0.205. The van der Waals surface area contributed by atoms with Crippen LogP contribution in [-0.2, 0) is 0 Å². The molecule has 1 aliphatic heterocycles. The summed E-state index contributed by atoms with van der Waals surface area (Å²) in [7, 11) is 0. The highest BCUT2D eigenvalue weighted by molar-refractivity contribution is 5.89. The van der Waals surface area contributed by atoms with Gasteiger partial charge in [-0.3, -0.25) is 4.99 Å². The molecule has 0 aromatic rings. The third kappa shape index (κ3) is 2.21. The monoisotopic (exact) mass is 233 g/mol. The molecular formula is C16H27N.